The Bertz CT molecular complexity index is 527. The van der Waals surface area contributed by atoms with Crippen LogP contribution in [0.5, 0.6) is 0 Å². The van der Waals surface area contributed by atoms with Crippen molar-refractivity contribution in [2.24, 2.45) is 0 Å². The Morgan fingerprint density at radius 3 is 2.75 bits per heavy atom. The van der Waals surface area contributed by atoms with Crippen LogP contribution in [-0.4, -0.2) is 10.9 Å². The number of hydrogen-bond donors (Lipinski definition) is 1. The lowest BCUT2D eigenvalue weighted by molar-refractivity contribution is 0.103. The smallest absolute Gasteiger partial charge is 0.265 e. The van der Waals surface area contributed by atoms with Gasteiger partial charge in [0.05, 0.1) is 14.9 Å². The van der Waals surface area contributed by atoms with Crippen molar-refractivity contribution in [2.75, 3.05) is 5.32 Å². The van der Waals surface area contributed by atoms with Crippen molar-refractivity contribution in [2.45, 2.75) is 0 Å². The van der Waals surface area contributed by atoms with Gasteiger partial charge < -0.3 is 5.32 Å². The average molecular weight is 273 g/mol. The second-order valence-electron chi connectivity index (χ2n) is 2.90. The zero-order valence-corrected chi connectivity index (χ0v) is 10.2. The summed E-state index contributed by atoms with van der Waals surface area (Å²) in [4.78, 5) is 16.1. The fourth-order valence-electron chi connectivity index (χ4n) is 1.10. The number of nitrogens with one attached hydrogen (secondary N) is 1. The van der Waals surface area contributed by atoms with E-state index in [0.717, 1.165) is 0 Å². The highest BCUT2D eigenvalue weighted by atomic mass is 35.5. The summed E-state index contributed by atoms with van der Waals surface area (Å²) in [6.07, 6.45) is 1.56. The van der Waals surface area contributed by atoms with Crippen LogP contribution >= 0.6 is 34.5 Å². The number of aromatic nitrogens is 1. The fraction of sp³-hybridized carbons (Fsp3) is 0. The maximum Gasteiger partial charge on any atom is 0.265 e. The molecule has 0 spiro atoms. The van der Waals surface area contributed by atoms with Gasteiger partial charge in [-0.3, -0.25) is 4.79 Å². The monoisotopic (exact) mass is 272 g/mol. The van der Waals surface area contributed by atoms with E-state index in [-0.39, 0.29) is 11.1 Å². The highest BCUT2D eigenvalue weighted by Crippen LogP contribution is 2.24. The van der Waals surface area contributed by atoms with E-state index >= 15 is 0 Å². The molecule has 3 nitrogen and oxygen atoms in total. The Balaban J connectivity index is 2.17. The van der Waals surface area contributed by atoms with Gasteiger partial charge in [0.25, 0.3) is 5.91 Å². The number of nitrogens with zero attached hydrogens (tertiary/aromatic N) is 1. The predicted octanol–water partition coefficient (Wildman–Crippen LogP) is 3.70. The maximum atomic E-state index is 11.7. The first-order chi connectivity index (χ1) is 7.66. The van der Waals surface area contributed by atoms with E-state index in [1.807, 2.05) is 0 Å². The quantitative estimate of drug-likeness (QED) is 0.847. The first kappa shape index (κ1) is 11.4. The van der Waals surface area contributed by atoms with Gasteiger partial charge in [-0.2, -0.15) is 0 Å². The second-order valence-corrected chi connectivity index (χ2v) is 4.97. The molecule has 0 saturated carbocycles. The van der Waals surface area contributed by atoms with Gasteiger partial charge in [0.1, 0.15) is 0 Å². The topological polar surface area (TPSA) is 42.0 Å². The van der Waals surface area contributed by atoms with Gasteiger partial charge in [-0.1, -0.05) is 23.2 Å². The summed E-state index contributed by atoms with van der Waals surface area (Å²) >= 11 is 12.8. The van der Waals surface area contributed by atoms with E-state index in [9.17, 15) is 4.79 Å². The van der Waals surface area contributed by atoms with Gasteiger partial charge in [0, 0.05) is 6.20 Å². The third-order valence-electron chi connectivity index (χ3n) is 1.80. The molecule has 0 saturated heterocycles. The minimum atomic E-state index is -0.244. The molecule has 1 amide bonds. The molecule has 6 heteroatoms. The van der Waals surface area contributed by atoms with Crippen molar-refractivity contribution in [1.29, 1.82) is 0 Å². The largest absolute Gasteiger partial charge is 0.319 e. The number of carbonyl (C=O) groups excluding carboxylic acids is 1. The molecule has 2 rings (SSSR count). The summed E-state index contributed by atoms with van der Waals surface area (Å²) in [6.45, 7) is 0. The zero-order valence-electron chi connectivity index (χ0n) is 7.91. The van der Waals surface area contributed by atoms with E-state index in [0.29, 0.717) is 14.9 Å². The summed E-state index contributed by atoms with van der Waals surface area (Å²) in [5.41, 5.74) is 0.485. The molecule has 0 fully saturated rings. The van der Waals surface area contributed by atoms with Crippen LogP contribution in [0.15, 0.2) is 30.5 Å². The van der Waals surface area contributed by atoms with Crippen molar-refractivity contribution in [3.8, 4) is 0 Å². The highest BCUT2D eigenvalue weighted by Gasteiger charge is 2.10. The van der Waals surface area contributed by atoms with Crippen LogP contribution < -0.4 is 5.32 Å². The van der Waals surface area contributed by atoms with E-state index < -0.39 is 0 Å². The van der Waals surface area contributed by atoms with E-state index in [1.165, 1.54) is 11.3 Å². The number of rotatable bonds is 2. The molecule has 2 aromatic heterocycles. The molecule has 16 heavy (non-hydrogen) atoms. The van der Waals surface area contributed by atoms with Crippen LogP contribution in [0.2, 0.25) is 9.49 Å². The third-order valence-corrected chi connectivity index (χ3v) is 3.34. The van der Waals surface area contributed by atoms with Crippen molar-refractivity contribution in [1.82, 2.24) is 4.98 Å². The SMILES string of the molecule is O=C(Nc1cccnc1Cl)c1ccc(Cl)s1. The van der Waals surface area contributed by atoms with Gasteiger partial charge in [-0.25, -0.2) is 4.98 Å². The molecule has 0 unspecified atom stereocenters. The Hall–Kier alpha value is -1.10. The number of hydrogen-bond acceptors (Lipinski definition) is 3. The number of carbonyl (C=O) groups is 1. The lowest BCUT2D eigenvalue weighted by Gasteiger charge is -2.03. The average Bonchev–Trinajstić information content (AvgIpc) is 2.68. The van der Waals surface area contributed by atoms with Crippen molar-refractivity contribution >= 4 is 46.1 Å². The van der Waals surface area contributed by atoms with Crippen molar-refractivity contribution in [3.05, 3.63) is 44.8 Å². The van der Waals surface area contributed by atoms with Crippen LogP contribution in [0.4, 0.5) is 5.69 Å². The Labute approximate surface area is 106 Å². The molecule has 1 N–H and O–H groups in total. The maximum absolute atomic E-state index is 11.7. The summed E-state index contributed by atoms with van der Waals surface area (Å²) in [5, 5.41) is 2.92. The molecule has 0 atom stereocenters. The highest BCUT2D eigenvalue weighted by molar-refractivity contribution is 7.18. The van der Waals surface area contributed by atoms with E-state index in [2.05, 4.69) is 10.3 Å². The number of pyridine rings is 1. The molecule has 0 bridgehead atoms. The fourth-order valence-corrected chi connectivity index (χ4v) is 2.20. The number of thiophene rings is 1. The van der Waals surface area contributed by atoms with E-state index in [4.69, 9.17) is 23.2 Å². The summed E-state index contributed by atoms with van der Waals surface area (Å²) in [5.74, 6) is -0.244. The van der Waals surface area contributed by atoms with Crippen LogP contribution in [0, 0.1) is 0 Å². The Morgan fingerprint density at radius 2 is 2.12 bits per heavy atom. The minimum absolute atomic E-state index is 0.244. The Morgan fingerprint density at radius 1 is 1.31 bits per heavy atom. The standard InChI is InChI=1S/C10H6Cl2N2OS/c11-8-4-3-7(16-8)10(15)14-6-2-1-5-13-9(6)12/h1-5H,(H,14,15). The molecule has 0 radical (unpaired) electrons. The molecule has 0 aliphatic heterocycles. The molecule has 0 aliphatic carbocycles. The summed E-state index contributed by atoms with van der Waals surface area (Å²) in [7, 11) is 0. The zero-order chi connectivity index (χ0) is 11.5. The van der Waals surface area contributed by atoms with Gasteiger partial charge >= 0.3 is 0 Å². The lowest BCUT2D eigenvalue weighted by atomic mass is 10.4. The molecule has 2 aromatic rings. The van der Waals surface area contributed by atoms with Crippen LogP contribution in [0.1, 0.15) is 9.67 Å². The van der Waals surface area contributed by atoms with Gasteiger partial charge in [-0.15, -0.1) is 11.3 Å². The molecule has 2 heterocycles. The molecular formula is C10H6Cl2N2OS. The molecular weight excluding hydrogens is 267 g/mol. The number of amides is 1. The first-order valence-electron chi connectivity index (χ1n) is 4.34. The van der Waals surface area contributed by atoms with Gasteiger partial charge in [-0.05, 0) is 24.3 Å². The normalized spacial score (nSPS) is 10.1. The van der Waals surface area contributed by atoms with Crippen molar-refractivity contribution < 1.29 is 4.79 Å². The number of anilines is 1. The van der Waals surface area contributed by atoms with Crippen LogP contribution in [0.25, 0.3) is 0 Å². The summed E-state index contributed by atoms with van der Waals surface area (Å²) in [6, 6.07) is 6.71. The molecule has 0 aliphatic rings. The van der Waals surface area contributed by atoms with Gasteiger partial charge in [0.2, 0.25) is 0 Å². The molecule has 82 valence electrons. The van der Waals surface area contributed by atoms with Crippen LogP contribution in [0.3, 0.4) is 0 Å². The van der Waals surface area contributed by atoms with E-state index in [1.54, 1.807) is 30.5 Å². The predicted molar refractivity (Wildman–Crippen MR) is 66.5 cm³/mol. The molecule has 0 aromatic carbocycles. The first-order valence-corrected chi connectivity index (χ1v) is 5.91. The number of halogens is 2. The third kappa shape index (κ3) is 2.52. The summed E-state index contributed by atoms with van der Waals surface area (Å²) < 4.78 is 0.572. The van der Waals surface area contributed by atoms with Crippen LogP contribution in [-0.2, 0) is 0 Å². The minimum Gasteiger partial charge on any atom is -0.319 e. The van der Waals surface area contributed by atoms with Crippen molar-refractivity contribution in [3.63, 3.8) is 0 Å². The van der Waals surface area contributed by atoms with Gasteiger partial charge in [0.15, 0.2) is 5.15 Å². The second kappa shape index (κ2) is 4.82. The Kier molecular flexibility index (Phi) is 3.43. The lowest BCUT2D eigenvalue weighted by Crippen LogP contribution is -2.10.